The molecular weight excluding hydrogens is 332 g/mol. The molecule has 4 nitrogen and oxygen atoms in total. The van der Waals surface area contributed by atoms with Gasteiger partial charge in [0.2, 0.25) is 5.91 Å². The van der Waals surface area contributed by atoms with Gasteiger partial charge in [-0.1, -0.05) is 23.7 Å². The van der Waals surface area contributed by atoms with Gasteiger partial charge < -0.3 is 10.6 Å². The molecule has 1 aromatic heterocycles. The van der Waals surface area contributed by atoms with Crippen molar-refractivity contribution >= 4 is 34.8 Å². The highest BCUT2D eigenvalue weighted by Gasteiger charge is 2.27. The van der Waals surface area contributed by atoms with Crippen LogP contribution in [0.2, 0.25) is 5.02 Å². The summed E-state index contributed by atoms with van der Waals surface area (Å²) in [5, 5.41) is 0.678. The Morgan fingerprint density at radius 2 is 1.91 bits per heavy atom. The maximum absolute atomic E-state index is 12.6. The van der Waals surface area contributed by atoms with E-state index in [-0.39, 0.29) is 17.7 Å². The number of thiophene rings is 1. The molecule has 0 atom stereocenters. The zero-order valence-electron chi connectivity index (χ0n) is 12.5. The van der Waals surface area contributed by atoms with Crippen LogP contribution >= 0.6 is 22.9 Å². The van der Waals surface area contributed by atoms with Gasteiger partial charge >= 0.3 is 0 Å². The second-order valence-corrected chi connectivity index (χ2v) is 7.16. The lowest BCUT2D eigenvalue weighted by Crippen LogP contribution is -2.41. The van der Waals surface area contributed by atoms with Crippen LogP contribution in [0.25, 0.3) is 10.4 Å². The van der Waals surface area contributed by atoms with Gasteiger partial charge in [-0.25, -0.2) is 0 Å². The smallest absolute Gasteiger partial charge is 0.263 e. The summed E-state index contributed by atoms with van der Waals surface area (Å²) < 4.78 is 0. The summed E-state index contributed by atoms with van der Waals surface area (Å²) in [5.74, 6) is -0.355. The predicted octanol–water partition coefficient (Wildman–Crippen LogP) is 3.41. The number of nitrogens with two attached hydrogens (primary N) is 1. The van der Waals surface area contributed by atoms with Crippen molar-refractivity contribution in [1.29, 1.82) is 0 Å². The number of nitrogens with zero attached hydrogens (tertiary/aromatic N) is 1. The van der Waals surface area contributed by atoms with E-state index >= 15 is 0 Å². The van der Waals surface area contributed by atoms with E-state index in [0.29, 0.717) is 35.8 Å². The Morgan fingerprint density at radius 3 is 2.57 bits per heavy atom. The molecule has 1 aromatic carbocycles. The van der Waals surface area contributed by atoms with Crippen molar-refractivity contribution in [1.82, 2.24) is 4.90 Å². The first kappa shape index (κ1) is 16.0. The molecule has 2 aromatic rings. The van der Waals surface area contributed by atoms with E-state index in [4.69, 9.17) is 17.3 Å². The second-order valence-electron chi connectivity index (χ2n) is 5.64. The normalized spacial score (nSPS) is 15.6. The van der Waals surface area contributed by atoms with E-state index in [9.17, 15) is 9.59 Å². The van der Waals surface area contributed by atoms with Gasteiger partial charge in [0, 0.05) is 28.9 Å². The maximum Gasteiger partial charge on any atom is 0.263 e. The Balaban J connectivity index is 1.71. The molecule has 23 heavy (non-hydrogen) atoms. The highest BCUT2D eigenvalue weighted by atomic mass is 35.5. The number of hydrogen-bond donors (Lipinski definition) is 1. The Bertz CT molecular complexity index is 736. The highest BCUT2D eigenvalue weighted by molar-refractivity contribution is 7.17. The van der Waals surface area contributed by atoms with Gasteiger partial charge in [-0.15, -0.1) is 11.3 Å². The van der Waals surface area contributed by atoms with Crippen molar-refractivity contribution in [2.75, 3.05) is 13.1 Å². The molecule has 0 radical (unpaired) electrons. The zero-order chi connectivity index (χ0) is 16.4. The molecule has 2 amide bonds. The zero-order valence-corrected chi connectivity index (χ0v) is 14.1. The minimum atomic E-state index is -0.267. The monoisotopic (exact) mass is 348 g/mol. The van der Waals surface area contributed by atoms with Gasteiger partial charge in [-0.05, 0) is 42.7 Å². The number of benzene rings is 1. The fourth-order valence-electron chi connectivity index (χ4n) is 2.77. The number of hydrogen-bond acceptors (Lipinski definition) is 3. The molecule has 0 unspecified atom stereocenters. The largest absolute Gasteiger partial charge is 0.369 e. The van der Waals surface area contributed by atoms with Crippen LogP contribution in [0, 0.1) is 5.92 Å². The summed E-state index contributed by atoms with van der Waals surface area (Å²) in [4.78, 5) is 27.3. The van der Waals surface area contributed by atoms with Crippen LogP contribution in [0.5, 0.6) is 0 Å². The highest BCUT2D eigenvalue weighted by Crippen LogP contribution is 2.31. The Hall–Kier alpha value is -1.85. The van der Waals surface area contributed by atoms with E-state index in [1.54, 1.807) is 4.90 Å². The van der Waals surface area contributed by atoms with Gasteiger partial charge in [-0.3, -0.25) is 9.59 Å². The minimum absolute atomic E-state index is 0.0196. The van der Waals surface area contributed by atoms with E-state index in [1.165, 1.54) is 11.3 Å². The molecule has 2 N–H and O–H groups in total. The lowest BCUT2D eigenvalue weighted by molar-refractivity contribution is -0.123. The Labute approximate surface area is 143 Å². The second kappa shape index (κ2) is 6.72. The number of carbonyl (C=O) groups is 2. The molecule has 120 valence electrons. The van der Waals surface area contributed by atoms with Gasteiger partial charge in [-0.2, -0.15) is 0 Å². The summed E-state index contributed by atoms with van der Waals surface area (Å²) in [6.45, 7) is 1.16. The molecular formula is C17H17ClN2O2S. The first-order valence-corrected chi connectivity index (χ1v) is 8.68. The van der Waals surface area contributed by atoms with Crippen LogP contribution in [-0.4, -0.2) is 29.8 Å². The third kappa shape index (κ3) is 3.57. The summed E-state index contributed by atoms with van der Waals surface area (Å²) in [7, 11) is 0. The fourth-order valence-corrected chi connectivity index (χ4v) is 3.93. The van der Waals surface area contributed by atoms with Crippen LogP contribution in [-0.2, 0) is 4.79 Å². The summed E-state index contributed by atoms with van der Waals surface area (Å²) in [6, 6.07) is 11.4. The van der Waals surface area contributed by atoms with Crippen LogP contribution in [0.4, 0.5) is 0 Å². The fraction of sp³-hybridized carbons (Fsp3) is 0.294. The van der Waals surface area contributed by atoms with Gasteiger partial charge in [0.1, 0.15) is 0 Å². The summed E-state index contributed by atoms with van der Waals surface area (Å²) in [6.07, 6.45) is 1.29. The van der Waals surface area contributed by atoms with Crippen LogP contribution in [0.15, 0.2) is 36.4 Å². The van der Waals surface area contributed by atoms with Crippen molar-refractivity contribution in [2.24, 2.45) is 11.7 Å². The molecule has 1 aliphatic rings. The summed E-state index contributed by atoms with van der Waals surface area (Å²) >= 11 is 7.48. The van der Waals surface area contributed by atoms with Crippen molar-refractivity contribution in [3.8, 4) is 10.4 Å². The average molecular weight is 349 g/mol. The molecule has 3 rings (SSSR count). The first-order valence-electron chi connectivity index (χ1n) is 7.49. The van der Waals surface area contributed by atoms with Gasteiger partial charge in [0.25, 0.3) is 5.91 Å². The van der Waals surface area contributed by atoms with Crippen molar-refractivity contribution in [2.45, 2.75) is 12.8 Å². The maximum atomic E-state index is 12.6. The minimum Gasteiger partial charge on any atom is -0.369 e. The molecule has 2 heterocycles. The van der Waals surface area contributed by atoms with E-state index in [2.05, 4.69) is 0 Å². The quantitative estimate of drug-likeness (QED) is 0.923. The lowest BCUT2D eigenvalue weighted by Gasteiger charge is -2.30. The summed E-state index contributed by atoms with van der Waals surface area (Å²) in [5.41, 5.74) is 6.34. The number of halogens is 1. The number of likely N-dealkylation sites (tertiary alicyclic amines) is 1. The number of piperidine rings is 1. The van der Waals surface area contributed by atoms with Crippen LogP contribution < -0.4 is 5.73 Å². The SMILES string of the molecule is NC(=O)C1CCN(C(=O)c2ccc(-c3cccc(Cl)c3)s2)CC1. The topological polar surface area (TPSA) is 63.4 Å². The van der Waals surface area contributed by atoms with Crippen molar-refractivity contribution < 1.29 is 9.59 Å². The van der Waals surface area contributed by atoms with Gasteiger partial charge in [0.15, 0.2) is 0 Å². The van der Waals surface area contributed by atoms with Crippen LogP contribution in [0.1, 0.15) is 22.5 Å². The molecule has 0 bridgehead atoms. The van der Waals surface area contributed by atoms with E-state index in [0.717, 1.165) is 10.4 Å². The Morgan fingerprint density at radius 1 is 1.17 bits per heavy atom. The molecule has 0 saturated carbocycles. The lowest BCUT2D eigenvalue weighted by atomic mass is 9.96. The Kier molecular flexibility index (Phi) is 4.68. The molecule has 0 aliphatic carbocycles. The molecule has 0 spiro atoms. The van der Waals surface area contributed by atoms with Crippen molar-refractivity contribution in [3.05, 3.63) is 46.3 Å². The van der Waals surface area contributed by atoms with Crippen LogP contribution in [0.3, 0.4) is 0 Å². The molecule has 1 fully saturated rings. The average Bonchev–Trinajstić information content (AvgIpc) is 3.04. The van der Waals surface area contributed by atoms with Gasteiger partial charge in [0.05, 0.1) is 4.88 Å². The molecule has 1 saturated heterocycles. The molecule has 6 heteroatoms. The number of amides is 2. The third-order valence-corrected chi connectivity index (χ3v) is 5.47. The standard InChI is InChI=1S/C17H17ClN2O2S/c18-13-3-1-2-12(10-13)14-4-5-15(23-14)17(22)20-8-6-11(7-9-20)16(19)21/h1-5,10-11H,6-9H2,(H2,19,21). The van der Waals surface area contributed by atoms with Crippen molar-refractivity contribution in [3.63, 3.8) is 0 Å². The number of rotatable bonds is 3. The predicted molar refractivity (Wildman–Crippen MR) is 92.6 cm³/mol. The van der Waals surface area contributed by atoms with E-state index < -0.39 is 0 Å². The third-order valence-electron chi connectivity index (χ3n) is 4.11. The number of carbonyl (C=O) groups excluding carboxylic acids is 2. The first-order chi connectivity index (χ1) is 11.0. The van der Waals surface area contributed by atoms with E-state index in [1.807, 2.05) is 36.4 Å². The molecule has 1 aliphatic heterocycles. The number of primary amides is 1.